The number of hydrogen-bond acceptors (Lipinski definition) is 3. The second-order valence-corrected chi connectivity index (χ2v) is 8.27. The van der Waals surface area contributed by atoms with Gasteiger partial charge in [0.1, 0.15) is 5.82 Å². The summed E-state index contributed by atoms with van der Waals surface area (Å²) >= 11 is 0. The van der Waals surface area contributed by atoms with Gasteiger partial charge in [-0.05, 0) is 51.3 Å². The first-order valence-electron chi connectivity index (χ1n) is 10.8. The number of nitrogens with zero attached hydrogens (tertiary/aromatic N) is 4. The lowest BCUT2D eigenvalue weighted by Crippen LogP contribution is -2.30. The van der Waals surface area contributed by atoms with Gasteiger partial charge in [-0.25, -0.2) is 4.39 Å². The molecule has 1 N–H and O–H groups in total. The quantitative estimate of drug-likeness (QED) is 0.335. The summed E-state index contributed by atoms with van der Waals surface area (Å²) in [5.74, 6) is -1.02. The Labute approximate surface area is 189 Å². The zero-order chi connectivity index (χ0) is 24.2. The number of aromatic amines is 1. The fourth-order valence-electron chi connectivity index (χ4n) is 3.63. The highest BCUT2D eigenvalue weighted by molar-refractivity contribution is 5.95. The normalized spacial score (nSPS) is 11.9. The zero-order valence-electron chi connectivity index (χ0n) is 18.8. The Hall–Kier alpha value is -3.17. The summed E-state index contributed by atoms with van der Waals surface area (Å²) in [6.07, 6.45) is -0.710. The van der Waals surface area contributed by atoms with Crippen molar-refractivity contribution < 1.29 is 22.4 Å². The smallest absolute Gasteiger partial charge is 0.342 e. The van der Waals surface area contributed by atoms with E-state index in [9.17, 15) is 22.4 Å². The Morgan fingerprint density at radius 1 is 1.18 bits per heavy atom. The molecule has 0 aliphatic rings. The first-order chi connectivity index (χ1) is 15.6. The number of carbonyl (C=O) groups excluding carboxylic acids is 1. The van der Waals surface area contributed by atoms with Gasteiger partial charge in [-0.15, -0.1) is 0 Å². The number of carbonyl (C=O) groups is 1. The molecule has 0 unspecified atom stereocenters. The molecule has 33 heavy (non-hydrogen) atoms. The molecule has 0 spiro atoms. The highest BCUT2D eigenvalue weighted by Gasteiger charge is 2.41. The van der Waals surface area contributed by atoms with Crippen molar-refractivity contribution in [2.24, 2.45) is 0 Å². The lowest BCUT2D eigenvalue weighted by atomic mass is 10.1. The van der Waals surface area contributed by atoms with Crippen LogP contribution in [0.25, 0.3) is 11.3 Å². The standard InChI is InChI=1S/C23H27F4N5O/c1-15(2)32-21(23(25,26)27)19(14-28-32)22(33)31(3)11-6-4-5-10-18-13-20(30-29-18)16-8-7-9-17(24)12-16/h7-9,12-15H,4-6,10-11H2,1-3H3,(H,29,30). The van der Waals surface area contributed by atoms with E-state index >= 15 is 0 Å². The van der Waals surface area contributed by atoms with Crippen molar-refractivity contribution in [1.29, 1.82) is 0 Å². The molecule has 0 bridgehead atoms. The fraction of sp³-hybridized carbons (Fsp3) is 0.435. The number of hydrogen-bond donors (Lipinski definition) is 1. The summed E-state index contributed by atoms with van der Waals surface area (Å²) in [6, 6.07) is 7.56. The third-order valence-corrected chi connectivity index (χ3v) is 5.32. The molecule has 0 fully saturated rings. The van der Waals surface area contributed by atoms with Crippen LogP contribution in [0, 0.1) is 5.82 Å². The molecule has 0 saturated heterocycles. The van der Waals surface area contributed by atoms with Crippen molar-refractivity contribution in [1.82, 2.24) is 24.9 Å². The van der Waals surface area contributed by atoms with Gasteiger partial charge < -0.3 is 4.90 Å². The molecular formula is C23H27F4N5O. The van der Waals surface area contributed by atoms with Crippen LogP contribution >= 0.6 is 0 Å². The third-order valence-electron chi connectivity index (χ3n) is 5.32. The van der Waals surface area contributed by atoms with E-state index in [0.29, 0.717) is 24.2 Å². The van der Waals surface area contributed by atoms with E-state index in [1.54, 1.807) is 26.0 Å². The molecule has 0 aliphatic carbocycles. The van der Waals surface area contributed by atoms with Crippen molar-refractivity contribution >= 4 is 5.91 Å². The second-order valence-electron chi connectivity index (χ2n) is 8.27. The summed E-state index contributed by atoms with van der Waals surface area (Å²) in [7, 11) is 1.50. The van der Waals surface area contributed by atoms with E-state index in [4.69, 9.17) is 0 Å². The van der Waals surface area contributed by atoms with Gasteiger partial charge in [0.05, 0.1) is 17.5 Å². The first-order valence-corrected chi connectivity index (χ1v) is 10.8. The minimum atomic E-state index is -4.67. The Kier molecular flexibility index (Phi) is 7.55. The number of rotatable bonds is 9. The monoisotopic (exact) mass is 465 g/mol. The van der Waals surface area contributed by atoms with Crippen LogP contribution in [0.1, 0.15) is 60.9 Å². The fourth-order valence-corrected chi connectivity index (χ4v) is 3.63. The van der Waals surface area contributed by atoms with Gasteiger partial charge in [-0.3, -0.25) is 14.6 Å². The topological polar surface area (TPSA) is 66.8 Å². The molecule has 3 rings (SSSR count). The number of nitrogens with one attached hydrogen (secondary N) is 1. The van der Waals surface area contributed by atoms with Crippen LogP contribution in [0.15, 0.2) is 36.5 Å². The molecule has 1 amide bonds. The number of aromatic nitrogens is 4. The van der Waals surface area contributed by atoms with Crippen LogP contribution in [0.5, 0.6) is 0 Å². The summed E-state index contributed by atoms with van der Waals surface area (Å²) in [5, 5.41) is 10.9. The van der Waals surface area contributed by atoms with Gasteiger partial charge in [-0.1, -0.05) is 18.6 Å². The molecule has 178 valence electrons. The highest BCUT2D eigenvalue weighted by Crippen LogP contribution is 2.34. The van der Waals surface area contributed by atoms with Gasteiger partial charge in [0, 0.05) is 30.9 Å². The number of alkyl halides is 3. The maximum absolute atomic E-state index is 13.5. The molecule has 3 aromatic rings. The molecule has 0 radical (unpaired) electrons. The van der Waals surface area contributed by atoms with Crippen molar-refractivity contribution in [2.45, 2.75) is 51.7 Å². The Morgan fingerprint density at radius 2 is 1.94 bits per heavy atom. The number of halogens is 4. The van der Waals surface area contributed by atoms with E-state index in [0.717, 1.165) is 35.8 Å². The van der Waals surface area contributed by atoms with E-state index in [2.05, 4.69) is 15.3 Å². The minimum absolute atomic E-state index is 0.324. The van der Waals surface area contributed by atoms with Gasteiger partial charge in [-0.2, -0.15) is 23.4 Å². The number of benzene rings is 1. The van der Waals surface area contributed by atoms with Crippen LogP contribution in [-0.2, 0) is 12.6 Å². The number of unbranched alkanes of at least 4 members (excludes halogenated alkanes) is 2. The largest absolute Gasteiger partial charge is 0.433 e. The van der Waals surface area contributed by atoms with Crippen LogP contribution in [0.2, 0.25) is 0 Å². The minimum Gasteiger partial charge on any atom is -0.342 e. The SMILES string of the molecule is CC(C)n1ncc(C(=O)N(C)CCCCCc2cc(-c3cccc(F)c3)n[nH]2)c1C(F)(F)F. The van der Waals surface area contributed by atoms with Gasteiger partial charge >= 0.3 is 6.18 Å². The molecular weight excluding hydrogens is 438 g/mol. The molecule has 6 nitrogen and oxygen atoms in total. The Morgan fingerprint density at radius 3 is 2.61 bits per heavy atom. The maximum atomic E-state index is 13.5. The predicted octanol–water partition coefficient (Wildman–Crippen LogP) is 5.50. The zero-order valence-corrected chi connectivity index (χ0v) is 18.8. The number of H-pyrrole nitrogens is 1. The first kappa shape index (κ1) is 24.5. The van der Waals surface area contributed by atoms with Crippen molar-refractivity contribution in [3.63, 3.8) is 0 Å². The van der Waals surface area contributed by atoms with Crippen LogP contribution in [0.4, 0.5) is 17.6 Å². The maximum Gasteiger partial charge on any atom is 0.433 e. The molecule has 0 aliphatic heterocycles. The van der Waals surface area contributed by atoms with Crippen molar-refractivity contribution in [3.8, 4) is 11.3 Å². The summed E-state index contributed by atoms with van der Waals surface area (Å²) < 4.78 is 54.7. The Bertz CT molecular complexity index is 1090. The van der Waals surface area contributed by atoms with E-state index < -0.39 is 29.4 Å². The van der Waals surface area contributed by atoms with Crippen LogP contribution in [-0.4, -0.2) is 44.4 Å². The molecule has 0 saturated carbocycles. The van der Waals surface area contributed by atoms with E-state index in [-0.39, 0.29) is 5.82 Å². The predicted molar refractivity (Wildman–Crippen MR) is 116 cm³/mol. The molecule has 2 aromatic heterocycles. The van der Waals surface area contributed by atoms with Crippen LogP contribution < -0.4 is 0 Å². The summed E-state index contributed by atoms with van der Waals surface area (Å²) in [4.78, 5) is 13.9. The number of aryl methyl sites for hydroxylation is 1. The highest BCUT2D eigenvalue weighted by atomic mass is 19.4. The molecule has 10 heteroatoms. The van der Waals surface area contributed by atoms with Crippen LogP contribution in [0.3, 0.4) is 0 Å². The van der Waals surface area contributed by atoms with Gasteiger partial charge in [0.2, 0.25) is 0 Å². The van der Waals surface area contributed by atoms with E-state index in [1.807, 2.05) is 6.07 Å². The second kappa shape index (κ2) is 10.2. The molecule has 2 heterocycles. The van der Waals surface area contributed by atoms with Gasteiger partial charge in [0.25, 0.3) is 5.91 Å². The average molecular weight is 465 g/mol. The Balaban J connectivity index is 1.49. The van der Waals surface area contributed by atoms with Gasteiger partial charge in [0.15, 0.2) is 5.69 Å². The van der Waals surface area contributed by atoms with E-state index in [1.165, 1.54) is 24.1 Å². The number of amides is 1. The average Bonchev–Trinajstić information content (AvgIpc) is 3.40. The van der Waals surface area contributed by atoms with Crippen molar-refractivity contribution in [2.75, 3.05) is 13.6 Å². The summed E-state index contributed by atoms with van der Waals surface area (Å²) in [5.41, 5.74) is 0.826. The van der Waals surface area contributed by atoms with Crippen molar-refractivity contribution in [3.05, 3.63) is 59.3 Å². The molecule has 1 aromatic carbocycles. The lowest BCUT2D eigenvalue weighted by molar-refractivity contribution is -0.145. The summed E-state index contributed by atoms with van der Waals surface area (Å²) in [6.45, 7) is 3.50. The third kappa shape index (κ3) is 6.00. The molecule has 0 atom stereocenters. The lowest BCUT2D eigenvalue weighted by Gasteiger charge is -2.19.